The molecule has 28 heavy (non-hydrogen) atoms. The Morgan fingerprint density at radius 3 is 2.68 bits per heavy atom. The smallest absolute Gasteiger partial charge is 0.271 e. The minimum atomic E-state index is -0.174. The first-order valence-electron chi connectivity index (χ1n) is 9.17. The highest BCUT2D eigenvalue weighted by Gasteiger charge is 2.13. The molecule has 1 aromatic carbocycles. The summed E-state index contributed by atoms with van der Waals surface area (Å²) in [5.74, 6) is 1.51. The molecule has 0 spiro atoms. The van der Waals surface area contributed by atoms with Gasteiger partial charge in [0.1, 0.15) is 11.6 Å². The Kier molecular flexibility index (Phi) is 4.61. The first kappa shape index (κ1) is 17.9. The van der Waals surface area contributed by atoms with Crippen molar-refractivity contribution in [3.8, 4) is 22.7 Å². The second-order valence-electron chi connectivity index (χ2n) is 6.91. The van der Waals surface area contributed by atoms with Gasteiger partial charge in [0, 0.05) is 24.0 Å². The van der Waals surface area contributed by atoms with Crippen LogP contribution in [-0.4, -0.2) is 33.2 Å². The molecule has 0 unspecified atom stereocenters. The van der Waals surface area contributed by atoms with Gasteiger partial charge in [-0.25, -0.2) is 4.68 Å². The summed E-state index contributed by atoms with van der Waals surface area (Å²) in [5.41, 5.74) is 3.57. The number of nitrogens with one attached hydrogen (secondary N) is 1. The lowest BCUT2D eigenvalue weighted by Gasteiger charge is -2.08. The van der Waals surface area contributed by atoms with Gasteiger partial charge >= 0.3 is 0 Å². The molecule has 3 aromatic heterocycles. The van der Waals surface area contributed by atoms with Crippen LogP contribution in [-0.2, 0) is 0 Å². The maximum absolute atomic E-state index is 12.2. The molecule has 1 amide bonds. The molecule has 0 aliphatic carbocycles. The molecule has 4 rings (SSSR count). The number of hydrogen-bond donors (Lipinski definition) is 1. The van der Waals surface area contributed by atoms with Gasteiger partial charge in [0.05, 0.1) is 7.11 Å². The lowest BCUT2D eigenvalue weighted by atomic mass is 10.1. The normalized spacial score (nSPS) is 11.1. The van der Waals surface area contributed by atoms with Gasteiger partial charge in [0.25, 0.3) is 5.91 Å². The van der Waals surface area contributed by atoms with Gasteiger partial charge < -0.3 is 14.5 Å². The predicted molar refractivity (Wildman–Crippen MR) is 109 cm³/mol. The minimum Gasteiger partial charge on any atom is -0.497 e. The molecular formula is C22H22N4O2. The maximum atomic E-state index is 12.2. The van der Waals surface area contributed by atoms with E-state index in [1.165, 1.54) is 0 Å². The van der Waals surface area contributed by atoms with Gasteiger partial charge in [-0.1, -0.05) is 18.2 Å². The van der Waals surface area contributed by atoms with Crippen LogP contribution in [0.4, 0.5) is 0 Å². The number of pyridine rings is 1. The van der Waals surface area contributed by atoms with Crippen LogP contribution in [0.3, 0.4) is 0 Å². The molecule has 142 valence electrons. The SMILES string of the molecule is COc1cccc(-c2ccc3ccc(-n4ccc(C(=O)NC(C)C)n4)n3c2)c1. The quantitative estimate of drug-likeness (QED) is 0.576. The fourth-order valence-electron chi connectivity index (χ4n) is 3.16. The number of carbonyl (C=O) groups is 1. The summed E-state index contributed by atoms with van der Waals surface area (Å²) in [4.78, 5) is 12.2. The Labute approximate surface area is 163 Å². The molecule has 0 aliphatic rings. The molecular weight excluding hydrogens is 352 g/mol. The van der Waals surface area contributed by atoms with E-state index in [1.54, 1.807) is 24.1 Å². The molecule has 3 heterocycles. The maximum Gasteiger partial charge on any atom is 0.271 e. The van der Waals surface area contributed by atoms with E-state index in [0.29, 0.717) is 5.69 Å². The largest absolute Gasteiger partial charge is 0.497 e. The van der Waals surface area contributed by atoms with Crippen molar-refractivity contribution >= 4 is 11.4 Å². The van der Waals surface area contributed by atoms with Gasteiger partial charge in [-0.2, -0.15) is 5.10 Å². The van der Waals surface area contributed by atoms with Crippen molar-refractivity contribution in [1.29, 1.82) is 0 Å². The average Bonchev–Trinajstić information content (AvgIpc) is 3.34. The minimum absolute atomic E-state index is 0.0669. The molecule has 0 saturated carbocycles. The van der Waals surface area contributed by atoms with Gasteiger partial charge in [-0.15, -0.1) is 0 Å². The van der Waals surface area contributed by atoms with Crippen molar-refractivity contribution in [2.75, 3.05) is 7.11 Å². The number of fused-ring (bicyclic) bond motifs is 1. The molecule has 0 atom stereocenters. The fraction of sp³-hybridized carbons (Fsp3) is 0.182. The van der Waals surface area contributed by atoms with Crippen molar-refractivity contribution in [2.45, 2.75) is 19.9 Å². The highest BCUT2D eigenvalue weighted by Crippen LogP contribution is 2.26. The Balaban J connectivity index is 1.73. The van der Waals surface area contributed by atoms with Crippen molar-refractivity contribution in [1.82, 2.24) is 19.5 Å². The number of methoxy groups -OCH3 is 1. The van der Waals surface area contributed by atoms with Gasteiger partial charge in [-0.3, -0.25) is 4.79 Å². The molecule has 0 aliphatic heterocycles. The second kappa shape index (κ2) is 7.23. The van der Waals surface area contributed by atoms with Crippen molar-refractivity contribution in [3.63, 3.8) is 0 Å². The van der Waals surface area contributed by atoms with Crippen molar-refractivity contribution < 1.29 is 9.53 Å². The zero-order valence-electron chi connectivity index (χ0n) is 16.1. The number of aromatic nitrogens is 3. The summed E-state index contributed by atoms with van der Waals surface area (Å²) in [6.45, 7) is 3.85. The van der Waals surface area contributed by atoms with E-state index < -0.39 is 0 Å². The molecule has 4 aromatic rings. The van der Waals surface area contributed by atoms with Crippen LogP contribution in [0.1, 0.15) is 24.3 Å². The molecule has 0 radical (unpaired) electrons. The number of amides is 1. The highest BCUT2D eigenvalue weighted by molar-refractivity contribution is 5.92. The molecule has 0 bridgehead atoms. The van der Waals surface area contributed by atoms with E-state index in [2.05, 4.69) is 39.2 Å². The first-order valence-corrected chi connectivity index (χ1v) is 9.17. The lowest BCUT2D eigenvalue weighted by Crippen LogP contribution is -2.30. The van der Waals surface area contributed by atoms with E-state index in [1.807, 2.05) is 44.2 Å². The number of nitrogens with zero attached hydrogens (tertiary/aromatic N) is 3. The van der Waals surface area contributed by atoms with Crippen molar-refractivity contribution in [3.05, 3.63) is 72.7 Å². The summed E-state index contributed by atoms with van der Waals surface area (Å²) in [5, 5.41) is 7.31. The van der Waals surface area contributed by atoms with Crippen LogP contribution in [0, 0.1) is 0 Å². The molecule has 1 N–H and O–H groups in total. The summed E-state index contributed by atoms with van der Waals surface area (Å²) in [6, 6.07) is 17.9. The number of hydrogen-bond acceptors (Lipinski definition) is 3. The summed E-state index contributed by atoms with van der Waals surface area (Å²) in [6.07, 6.45) is 3.87. The molecule has 0 fully saturated rings. The van der Waals surface area contributed by atoms with Crippen LogP contribution in [0.15, 0.2) is 67.0 Å². The summed E-state index contributed by atoms with van der Waals surface area (Å²) >= 11 is 0. The van der Waals surface area contributed by atoms with E-state index in [9.17, 15) is 4.79 Å². The molecule has 6 nitrogen and oxygen atoms in total. The Morgan fingerprint density at radius 2 is 1.89 bits per heavy atom. The van der Waals surface area contributed by atoms with E-state index in [0.717, 1.165) is 28.2 Å². The average molecular weight is 374 g/mol. The highest BCUT2D eigenvalue weighted by atomic mass is 16.5. The standard InChI is InChI=1S/C22H22N4O2/c1-15(2)23-22(27)20-11-12-26(24-20)21-10-9-18-8-7-17(14-25(18)21)16-5-4-6-19(13-16)28-3/h4-15H,1-3H3,(H,23,27). The number of benzene rings is 1. The van der Waals surface area contributed by atoms with E-state index in [-0.39, 0.29) is 11.9 Å². The summed E-state index contributed by atoms with van der Waals surface area (Å²) in [7, 11) is 1.66. The third-order valence-electron chi connectivity index (χ3n) is 4.51. The Hall–Kier alpha value is -3.54. The monoisotopic (exact) mass is 374 g/mol. The van der Waals surface area contributed by atoms with Crippen LogP contribution in [0.2, 0.25) is 0 Å². The fourth-order valence-corrected chi connectivity index (χ4v) is 3.16. The van der Waals surface area contributed by atoms with Crippen LogP contribution >= 0.6 is 0 Å². The number of rotatable bonds is 5. The molecule has 0 saturated heterocycles. The Morgan fingerprint density at radius 1 is 1.07 bits per heavy atom. The number of carbonyl (C=O) groups excluding carboxylic acids is 1. The second-order valence-corrected chi connectivity index (χ2v) is 6.91. The van der Waals surface area contributed by atoms with Crippen LogP contribution < -0.4 is 10.1 Å². The van der Waals surface area contributed by atoms with Crippen LogP contribution in [0.5, 0.6) is 5.75 Å². The first-order chi connectivity index (χ1) is 13.5. The lowest BCUT2D eigenvalue weighted by molar-refractivity contribution is 0.0937. The third-order valence-corrected chi connectivity index (χ3v) is 4.51. The summed E-state index contributed by atoms with van der Waals surface area (Å²) < 4.78 is 9.12. The van der Waals surface area contributed by atoms with Gasteiger partial charge in [0.2, 0.25) is 0 Å². The zero-order valence-corrected chi connectivity index (χ0v) is 16.1. The number of ether oxygens (including phenoxy) is 1. The van der Waals surface area contributed by atoms with Gasteiger partial charge in [-0.05, 0) is 61.4 Å². The van der Waals surface area contributed by atoms with E-state index in [4.69, 9.17) is 4.74 Å². The predicted octanol–water partition coefficient (Wildman–Crippen LogP) is 3.94. The zero-order chi connectivity index (χ0) is 19.7. The molecule has 6 heteroatoms. The van der Waals surface area contributed by atoms with Crippen LogP contribution in [0.25, 0.3) is 22.5 Å². The van der Waals surface area contributed by atoms with Crippen molar-refractivity contribution in [2.24, 2.45) is 0 Å². The third kappa shape index (κ3) is 3.36. The Bertz CT molecular complexity index is 1140. The topological polar surface area (TPSA) is 60.6 Å². The van der Waals surface area contributed by atoms with E-state index >= 15 is 0 Å². The van der Waals surface area contributed by atoms with Gasteiger partial charge in [0.15, 0.2) is 5.69 Å².